The summed E-state index contributed by atoms with van der Waals surface area (Å²) in [6, 6.07) is 4.13. The lowest BCUT2D eigenvalue weighted by atomic mass is 9.95. The molecule has 0 radical (unpaired) electrons. The van der Waals surface area contributed by atoms with Gasteiger partial charge in [-0.15, -0.1) is 0 Å². The van der Waals surface area contributed by atoms with Crippen LogP contribution in [0.2, 0.25) is 0 Å². The lowest BCUT2D eigenvalue weighted by molar-refractivity contribution is -0.139. The van der Waals surface area contributed by atoms with Gasteiger partial charge in [0.1, 0.15) is 5.82 Å². The third-order valence-electron chi connectivity index (χ3n) is 5.14. The van der Waals surface area contributed by atoms with Crippen molar-refractivity contribution in [2.75, 3.05) is 17.6 Å². The molecule has 0 bridgehead atoms. The number of anilines is 1. The second-order valence-electron chi connectivity index (χ2n) is 8.43. The fraction of sp³-hybridized carbons (Fsp3) is 0.435. The number of benzene rings is 1. The Morgan fingerprint density at radius 1 is 1.24 bits per heavy atom. The Balaban J connectivity index is 2.68. The highest BCUT2D eigenvalue weighted by Crippen LogP contribution is 2.33. The molecule has 1 aromatic carbocycles. The third kappa shape index (κ3) is 7.05. The number of halogens is 1. The minimum Gasteiger partial charge on any atom is -0.481 e. The predicted molar refractivity (Wildman–Crippen MR) is 127 cm³/mol. The number of sulfonamides is 1. The molecule has 186 valence electrons. The number of nitrogens with zero attached hydrogens (tertiary/aromatic N) is 3. The van der Waals surface area contributed by atoms with Crippen LogP contribution in [0.15, 0.2) is 24.3 Å². The Hall–Kier alpha value is -2.89. The van der Waals surface area contributed by atoms with Crippen molar-refractivity contribution in [1.29, 1.82) is 0 Å². The van der Waals surface area contributed by atoms with E-state index >= 15 is 0 Å². The van der Waals surface area contributed by atoms with Crippen LogP contribution in [0.4, 0.5) is 10.3 Å². The van der Waals surface area contributed by atoms with Crippen LogP contribution in [0.3, 0.4) is 0 Å². The van der Waals surface area contributed by atoms with Crippen LogP contribution in [0.1, 0.15) is 49.4 Å². The molecule has 1 aromatic heterocycles. The highest BCUT2D eigenvalue weighted by Gasteiger charge is 2.23. The van der Waals surface area contributed by atoms with Gasteiger partial charge >= 0.3 is 5.97 Å². The summed E-state index contributed by atoms with van der Waals surface area (Å²) in [4.78, 5) is 19.7. The van der Waals surface area contributed by atoms with E-state index in [1.807, 2.05) is 13.8 Å². The maximum absolute atomic E-state index is 13.8. The van der Waals surface area contributed by atoms with E-state index in [4.69, 9.17) is 5.11 Å². The Morgan fingerprint density at radius 2 is 1.88 bits per heavy atom. The van der Waals surface area contributed by atoms with Crippen LogP contribution in [0.5, 0.6) is 0 Å². The van der Waals surface area contributed by atoms with Gasteiger partial charge in [0.2, 0.25) is 16.0 Å². The van der Waals surface area contributed by atoms with Crippen molar-refractivity contribution in [3.8, 4) is 11.3 Å². The molecule has 0 aliphatic rings. The van der Waals surface area contributed by atoms with Crippen LogP contribution >= 0.6 is 0 Å². The average molecular weight is 496 g/mol. The van der Waals surface area contributed by atoms with Crippen molar-refractivity contribution < 1.29 is 32.9 Å². The van der Waals surface area contributed by atoms with Gasteiger partial charge in [-0.3, -0.25) is 4.79 Å². The summed E-state index contributed by atoms with van der Waals surface area (Å²) in [6.45, 7) is 5.41. The number of aromatic nitrogens is 2. The maximum atomic E-state index is 13.8. The van der Waals surface area contributed by atoms with Crippen LogP contribution < -0.4 is 4.31 Å². The van der Waals surface area contributed by atoms with Crippen molar-refractivity contribution in [3.63, 3.8) is 0 Å². The molecule has 1 heterocycles. The van der Waals surface area contributed by atoms with E-state index in [9.17, 15) is 27.8 Å². The number of aliphatic carboxylic acids is 1. The summed E-state index contributed by atoms with van der Waals surface area (Å²) in [7, 11) is -2.33. The topological polar surface area (TPSA) is 141 Å². The molecule has 11 heteroatoms. The molecule has 0 saturated carbocycles. The van der Waals surface area contributed by atoms with E-state index in [1.54, 1.807) is 13.0 Å². The first kappa shape index (κ1) is 27.4. The summed E-state index contributed by atoms with van der Waals surface area (Å²) in [5, 5.41) is 28.9. The number of aliphatic hydroxyl groups is 2. The smallest absolute Gasteiger partial charge is 0.305 e. The highest BCUT2D eigenvalue weighted by atomic mass is 32.2. The normalized spacial score (nSPS) is 13.9. The van der Waals surface area contributed by atoms with E-state index in [-0.39, 0.29) is 18.3 Å². The summed E-state index contributed by atoms with van der Waals surface area (Å²) in [5.41, 5.74) is 2.44. The summed E-state index contributed by atoms with van der Waals surface area (Å²) >= 11 is 0. The Labute approximate surface area is 198 Å². The highest BCUT2D eigenvalue weighted by molar-refractivity contribution is 7.92. The van der Waals surface area contributed by atoms with Gasteiger partial charge in [-0.1, -0.05) is 26.0 Å². The maximum Gasteiger partial charge on any atom is 0.305 e. The molecule has 2 aromatic rings. The quantitative estimate of drug-likeness (QED) is 0.457. The molecule has 0 fully saturated rings. The SMILES string of the molecule is Cc1cc(F)ccc1-c1nc(N(C)S(C)(=O)=O)nc(C(C)C)c1/C=C/[C@@H](O)C[C@@H](O)CC(=O)O. The largest absolute Gasteiger partial charge is 0.481 e. The number of hydrogen-bond acceptors (Lipinski definition) is 7. The molecule has 9 nitrogen and oxygen atoms in total. The Bertz CT molecular complexity index is 1180. The van der Waals surface area contributed by atoms with Gasteiger partial charge in [-0.05, 0) is 36.6 Å². The number of hydrogen-bond donors (Lipinski definition) is 3. The molecule has 34 heavy (non-hydrogen) atoms. The van der Waals surface area contributed by atoms with E-state index in [0.717, 1.165) is 10.6 Å². The van der Waals surface area contributed by atoms with Crippen LogP contribution in [0.25, 0.3) is 17.3 Å². The van der Waals surface area contributed by atoms with E-state index in [0.29, 0.717) is 28.1 Å². The second-order valence-corrected chi connectivity index (χ2v) is 10.4. The molecule has 2 atom stereocenters. The minimum atomic E-state index is -3.66. The number of aliphatic hydroxyl groups excluding tert-OH is 2. The van der Waals surface area contributed by atoms with Gasteiger partial charge in [0.25, 0.3) is 0 Å². The van der Waals surface area contributed by atoms with E-state index < -0.39 is 40.4 Å². The number of aryl methyl sites for hydroxylation is 1. The van der Waals surface area contributed by atoms with Gasteiger partial charge in [0.05, 0.1) is 36.3 Å². The summed E-state index contributed by atoms with van der Waals surface area (Å²) in [5.74, 6) is -1.85. The molecule has 0 aliphatic heterocycles. The molecule has 0 unspecified atom stereocenters. The monoisotopic (exact) mass is 495 g/mol. The number of carboxylic acid groups (broad SMARTS) is 1. The van der Waals surface area contributed by atoms with Gasteiger partial charge in [-0.2, -0.15) is 0 Å². The number of carboxylic acids is 1. The lowest BCUT2D eigenvalue weighted by Gasteiger charge is -2.21. The van der Waals surface area contributed by atoms with Crippen molar-refractivity contribution in [2.45, 2.75) is 51.7 Å². The minimum absolute atomic E-state index is 0.0560. The van der Waals surface area contributed by atoms with Crippen molar-refractivity contribution in [1.82, 2.24) is 9.97 Å². The fourth-order valence-electron chi connectivity index (χ4n) is 3.32. The molecular weight excluding hydrogens is 465 g/mol. The Kier molecular flexibility index (Phi) is 8.87. The molecule has 0 amide bonds. The molecular formula is C23H30FN3O6S. The van der Waals surface area contributed by atoms with E-state index in [1.165, 1.54) is 31.3 Å². The summed E-state index contributed by atoms with van der Waals surface area (Å²) < 4.78 is 39.0. The first-order valence-electron chi connectivity index (χ1n) is 10.6. The first-order chi connectivity index (χ1) is 15.7. The van der Waals surface area contributed by atoms with Gasteiger partial charge < -0.3 is 15.3 Å². The van der Waals surface area contributed by atoms with E-state index in [2.05, 4.69) is 9.97 Å². The van der Waals surface area contributed by atoms with Gasteiger partial charge in [-0.25, -0.2) is 27.1 Å². The first-order valence-corrected chi connectivity index (χ1v) is 12.4. The molecule has 0 aliphatic carbocycles. The zero-order chi connectivity index (χ0) is 25.8. The zero-order valence-electron chi connectivity index (χ0n) is 19.7. The molecule has 0 saturated heterocycles. The lowest BCUT2D eigenvalue weighted by Crippen LogP contribution is -2.27. The van der Waals surface area contributed by atoms with Crippen LogP contribution in [0, 0.1) is 12.7 Å². The zero-order valence-corrected chi connectivity index (χ0v) is 20.5. The predicted octanol–water partition coefficient (Wildman–Crippen LogP) is 2.71. The van der Waals surface area contributed by atoms with Crippen molar-refractivity contribution in [3.05, 3.63) is 46.9 Å². The fourth-order valence-corrected chi connectivity index (χ4v) is 3.69. The van der Waals surface area contributed by atoms with Gasteiger partial charge in [0, 0.05) is 24.6 Å². The molecule has 3 N–H and O–H groups in total. The standard InChI is InChI=1S/C23H30FN3O6S/c1-13(2)21-19(9-7-16(28)11-17(29)12-20(30)31)22(18-8-6-15(24)10-14(18)3)26-23(25-21)27(4)34(5,32)33/h6-10,13,16-17,28-29H,11-12H2,1-5H3,(H,30,31)/b9-7+/t16-,17-/m1/s1. The number of carbonyl (C=O) groups is 1. The third-order valence-corrected chi connectivity index (χ3v) is 6.30. The molecule has 0 spiro atoms. The van der Waals surface area contributed by atoms with Crippen LogP contribution in [-0.2, 0) is 14.8 Å². The average Bonchev–Trinajstić information content (AvgIpc) is 2.69. The van der Waals surface area contributed by atoms with Crippen molar-refractivity contribution >= 4 is 28.0 Å². The van der Waals surface area contributed by atoms with Gasteiger partial charge in [0.15, 0.2) is 0 Å². The van der Waals surface area contributed by atoms with Crippen LogP contribution in [-0.4, -0.2) is 65.2 Å². The number of rotatable bonds is 10. The summed E-state index contributed by atoms with van der Waals surface area (Å²) in [6.07, 6.45) is 0.880. The Morgan fingerprint density at radius 3 is 2.41 bits per heavy atom. The molecule has 2 rings (SSSR count). The van der Waals surface area contributed by atoms with Crippen molar-refractivity contribution in [2.24, 2.45) is 0 Å². The second kappa shape index (κ2) is 11.0.